The van der Waals surface area contributed by atoms with Gasteiger partial charge in [0.25, 0.3) is 0 Å². The molecule has 2 aromatic heterocycles. The van der Waals surface area contributed by atoms with Crippen LogP contribution in [0.5, 0.6) is 0 Å². The van der Waals surface area contributed by atoms with E-state index in [0.29, 0.717) is 0 Å². The first-order chi connectivity index (χ1) is 12.8. The number of aromatic nitrogens is 2. The molecule has 0 saturated carbocycles. The van der Waals surface area contributed by atoms with Crippen molar-refractivity contribution in [3.05, 3.63) is 83.9 Å². The van der Waals surface area contributed by atoms with Crippen LogP contribution in [0.1, 0.15) is 0 Å². The van der Waals surface area contributed by atoms with Crippen molar-refractivity contribution in [3.63, 3.8) is 0 Å². The minimum absolute atomic E-state index is 0.746. The summed E-state index contributed by atoms with van der Waals surface area (Å²) >= 11 is 6.36. The Labute approximate surface area is 154 Å². The minimum atomic E-state index is 0.746. The standard InChI is InChI=1S/C23H13ClN2/c24-16-9-10-21-18(13-16)17-11-14-5-1-2-6-15(14)12-19(17)23-25-20-7-3-4-8-22(20)26(21)23/h1-13H. The third kappa shape index (κ3) is 1.80. The van der Waals surface area contributed by atoms with Crippen LogP contribution in [0.25, 0.3) is 49.1 Å². The first-order valence-electron chi connectivity index (χ1n) is 8.60. The summed E-state index contributed by atoms with van der Waals surface area (Å²) in [6.45, 7) is 0. The van der Waals surface area contributed by atoms with Crippen LogP contribution in [0.3, 0.4) is 0 Å². The van der Waals surface area contributed by atoms with E-state index in [-0.39, 0.29) is 0 Å². The Morgan fingerprint density at radius 2 is 1.38 bits per heavy atom. The van der Waals surface area contributed by atoms with E-state index < -0.39 is 0 Å². The molecule has 122 valence electrons. The summed E-state index contributed by atoms with van der Waals surface area (Å²) in [6.07, 6.45) is 0. The molecule has 0 atom stereocenters. The molecule has 4 aromatic carbocycles. The average molecular weight is 353 g/mol. The molecule has 0 aliphatic carbocycles. The molecule has 3 heteroatoms. The number of imidazole rings is 1. The largest absolute Gasteiger partial charge is 0.292 e. The van der Waals surface area contributed by atoms with E-state index in [4.69, 9.17) is 16.6 Å². The van der Waals surface area contributed by atoms with Crippen molar-refractivity contribution in [2.75, 3.05) is 0 Å². The molecule has 2 heterocycles. The number of rotatable bonds is 0. The van der Waals surface area contributed by atoms with Crippen LogP contribution in [0.15, 0.2) is 78.9 Å². The van der Waals surface area contributed by atoms with E-state index in [1.54, 1.807) is 0 Å². The summed E-state index contributed by atoms with van der Waals surface area (Å²) in [5.74, 6) is 0. The van der Waals surface area contributed by atoms with Crippen molar-refractivity contribution in [3.8, 4) is 0 Å². The Kier molecular flexibility index (Phi) is 2.69. The lowest BCUT2D eigenvalue weighted by Gasteiger charge is -2.11. The van der Waals surface area contributed by atoms with Gasteiger partial charge >= 0.3 is 0 Å². The van der Waals surface area contributed by atoms with Gasteiger partial charge < -0.3 is 0 Å². The molecule has 0 radical (unpaired) electrons. The summed E-state index contributed by atoms with van der Waals surface area (Å²) in [6, 6.07) is 27.3. The van der Waals surface area contributed by atoms with Gasteiger partial charge in [0, 0.05) is 15.8 Å². The number of hydrogen-bond donors (Lipinski definition) is 0. The van der Waals surface area contributed by atoms with E-state index in [1.807, 2.05) is 12.1 Å². The molecular formula is C23H13ClN2. The number of nitrogens with zero attached hydrogens (tertiary/aromatic N) is 2. The number of hydrogen-bond acceptors (Lipinski definition) is 1. The highest BCUT2D eigenvalue weighted by Gasteiger charge is 2.14. The molecule has 0 saturated heterocycles. The molecule has 0 unspecified atom stereocenters. The molecule has 0 N–H and O–H groups in total. The highest BCUT2D eigenvalue weighted by molar-refractivity contribution is 6.32. The highest BCUT2D eigenvalue weighted by Crippen LogP contribution is 2.35. The first-order valence-corrected chi connectivity index (χ1v) is 8.98. The zero-order valence-corrected chi connectivity index (χ0v) is 14.5. The van der Waals surface area contributed by atoms with E-state index in [9.17, 15) is 0 Å². The predicted molar refractivity (Wildman–Crippen MR) is 110 cm³/mol. The molecule has 0 spiro atoms. The fraction of sp³-hybridized carbons (Fsp3) is 0. The van der Waals surface area contributed by atoms with E-state index in [0.717, 1.165) is 38.0 Å². The molecule has 6 rings (SSSR count). The molecule has 0 fully saturated rings. The molecule has 0 amide bonds. The van der Waals surface area contributed by atoms with Gasteiger partial charge in [-0.1, -0.05) is 48.0 Å². The summed E-state index contributed by atoms with van der Waals surface area (Å²) in [5.41, 5.74) is 4.23. The first kappa shape index (κ1) is 14.1. The van der Waals surface area contributed by atoms with Gasteiger partial charge in [0.1, 0.15) is 5.65 Å². The second-order valence-electron chi connectivity index (χ2n) is 6.67. The van der Waals surface area contributed by atoms with Crippen LogP contribution in [-0.2, 0) is 0 Å². The van der Waals surface area contributed by atoms with Crippen LogP contribution >= 0.6 is 11.6 Å². The maximum atomic E-state index is 6.36. The Morgan fingerprint density at radius 1 is 0.654 bits per heavy atom. The number of fused-ring (bicyclic) bond motifs is 9. The monoisotopic (exact) mass is 352 g/mol. The van der Waals surface area contributed by atoms with Crippen molar-refractivity contribution in [2.24, 2.45) is 0 Å². The van der Waals surface area contributed by atoms with Crippen LogP contribution in [0, 0.1) is 0 Å². The lowest BCUT2D eigenvalue weighted by Crippen LogP contribution is -1.92. The van der Waals surface area contributed by atoms with E-state index in [2.05, 4.69) is 71.1 Å². The Morgan fingerprint density at radius 3 is 2.23 bits per heavy atom. The maximum Gasteiger partial charge on any atom is 0.146 e. The molecule has 2 nitrogen and oxygen atoms in total. The molecular weight excluding hydrogens is 340 g/mol. The smallest absolute Gasteiger partial charge is 0.146 e. The van der Waals surface area contributed by atoms with Crippen LogP contribution in [0.4, 0.5) is 0 Å². The summed E-state index contributed by atoms with van der Waals surface area (Å²) < 4.78 is 2.25. The SMILES string of the molecule is Clc1ccc2c(c1)c1cc3ccccc3cc1c1nc3ccccc3n21. The topological polar surface area (TPSA) is 17.3 Å². The molecule has 0 bridgehead atoms. The highest BCUT2D eigenvalue weighted by atomic mass is 35.5. The second-order valence-corrected chi connectivity index (χ2v) is 7.10. The number of benzene rings is 4. The Bertz CT molecular complexity index is 1490. The van der Waals surface area contributed by atoms with E-state index in [1.165, 1.54) is 16.2 Å². The second kappa shape index (κ2) is 4.96. The average Bonchev–Trinajstić information content (AvgIpc) is 3.07. The molecule has 0 aliphatic heterocycles. The number of pyridine rings is 1. The van der Waals surface area contributed by atoms with Crippen molar-refractivity contribution in [1.29, 1.82) is 0 Å². The fourth-order valence-electron chi connectivity index (χ4n) is 4.02. The van der Waals surface area contributed by atoms with Crippen LogP contribution in [0.2, 0.25) is 5.02 Å². The molecule has 26 heavy (non-hydrogen) atoms. The van der Waals surface area contributed by atoms with Gasteiger partial charge in [-0.3, -0.25) is 4.40 Å². The van der Waals surface area contributed by atoms with E-state index >= 15 is 0 Å². The minimum Gasteiger partial charge on any atom is -0.292 e. The molecule has 0 aliphatic rings. The predicted octanol–water partition coefficient (Wildman–Crippen LogP) is 6.60. The lowest BCUT2D eigenvalue weighted by atomic mass is 10.0. The van der Waals surface area contributed by atoms with Gasteiger partial charge in [0.15, 0.2) is 0 Å². The van der Waals surface area contributed by atoms with Crippen LogP contribution in [-0.4, -0.2) is 9.38 Å². The van der Waals surface area contributed by atoms with Crippen molar-refractivity contribution < 1.29 is 0 Å². The normalized spacial score (nSPS) is 12.0. The Hall–Kier alpha value is -3.10. The van der Waals surface area contributed by atoms with Crippen molar-refractivity contribution in [2.45, 2.75) is 0 Å². The summed E-state index contributed by atoms with van der Waals surface area (Å²) in [4.78, 5) is 4.95. The third-order valence-corrected chi connectivity index (χ3v) is 5.41. The van der Waals surface area contributed by atoms with Gasteiger partial charge in [-0.15, -0.1) is 0 Å². The zero-order valence-electron chi connectivity index (χ0n) is 13.8. The quantitative estimate of drug-likeness (QED) is 0.222. The van der Waals surface area contributed by atoms with Gasteiger partial charge in [-0.05, 0) is 58.6 Å². The Balaban J connectivity index is 2.01. The fourth-order valence-corrected chi connectivity index (χ4v) is 4.19. The van der Waals surface area contributed by atoms with Gasteiger partial charge in [0.2, 0.25) is 0 Å². The van der Waals surface area contributed by atoms with Crippen LogP contribution < -0.4 is 0 Å². The van der Waals surface area contributed by atoms with Gasteiger partial charge in [-0.2, -0.15) is 0 Å². The maximum absolute atomic E-state index is 6.36. The van der Waals surface area contributed by atoms with Crippen molar-refractivity contribution >= 4 is 60.7 Å². The lowest BCUT2D eigenvalue weighted by molar-refractivity contribution is 1.32. The zero-order chi connectivity index (χ0) is 17.3. The molecule has 6 aromatic rings. The third-order valence-electron chi connectivity index (χ3n) is 5.18. The number of halogens is 1. The van der Waals surface area contributed by atoms with Gasteiger partial charge in [-0.25, -0.2) is 4.98 Å². The number of para-hydroxylation sites is 2. The van der Waals surface area contributed by atoms with Gasteiger partial charge in [0.05, 0.1) is 16.6 Å². The summed E-state index contributed by atoms with van der Waals surface area (Å²) in [7, 11) is 0. The van der Waals surface area contributed by atoms with Crippen molar-refractivity contribution in [1.82, 2.24) is 9.38 Å². The summed E-state index contributed by atoms with van der Waals surface area (Å²) in [5, 5.41) is 6.67.